The van der Waals surface area contributed by atoms with Crippen molar-refractivity contribution in [1.29, 1.82) is 0 Å². The minimum atomic E-state index is 0.761. The maximum Gasteiger partial charge on any atom is 0.186 e. The van der Waals surface area contributed by atoms with Crippen molar-refractivity contribution in [3.05, 3.63) is 89.5 Å². The molecule has 7 nitrogen and oxygen atoms in total. The Morgan fingerprint density at radius 2 is 1.89 bits per heavy atom. The molecule has 182 valence electrons. The Kier molecular flexibility index (Phi) is 7.72. The molecule has 0 radical (unpaired) electrons. The van der Waals surface area contributed by atoms with Gasteiger partial charge in [-0.05, 0) is 35.4 Å². The Hall–Kier alpha value is -3.20. The summed E-state index contributed by atoms with van der Waals surface area (Å²) in [6.07, 6.45) is 6.53. The number of imidazole rings is 1. The topological polar surface area (TPSA) is 55.7 Å². The zero-order valence-corrected chi connectivity index (χ0v) is 20.9. The lowest BCUT2D eigenvalue weighted by molar-refractivity contribution is 0.0383. The third kappa shape index (κ3) is 6.28. The highest BCUT2D eigenvalue weighted by molar-refractivity contribution is 7.13. The molecule has 0 bridgehead atoms. The summed E-state index contributed by atoms with van der Waals surface area (Å²) in [7, 11) is 1.71. The molecule has 1 aliphatic heterocycles. The van der Waals surface area contributed by atoms with Crippen molar-refractivity contribution >= 4 is 16.5 Å². The number of morpholine rings is 1. The Bertz CT molecular complexity index is 1190. The van der Waals surface area contributed by atoms with Gasteiger partial charge in [-0.3, -0.25) is 4.90 Å². The Morgan fingerprint density at radius 1 is 1.06 bits per heavy atom. The van der Waals surface area contributed by atoms with Gasteiger partial charge in [0.15, 0.2) is 5.13 Å². The molecule has 3 heterocycles. The smallest absolute Gasteiger partial charge is 0.186 e. The molecular weight excluding hydrogens is 458 g/mol. The van der Waals surface area contributed by atoms with E-state index in [0.717, 1.165) is 74.6 Å². The number of methoxy groups -OCH3 is 1. The normalized spacial score (nSPS) is 14.2. The van der Waals surface area contributed by atoms with Gasteiger partial charge in [-0.2, -0.15) is 0 Å². The van der Waals surface area contributed by atoms with Crippen molar-refractivity contribution < 1.29 is 9.47 Å². The summed E-state index contributed by atoms with van der Waals surface area (Å²) in [5.74, 6) is 0.873. The fourth-order valence-corrected chi connectivity index (χ4v) is 5.10. The van der Waals surface area contributed by atoms with Crippen LogP contribution in [0.15, 0.2) is 72.6 Å². The highest BCUT2D eigenvalue weighted by Gasteiger charge is 2.15. The molecule has 0 amide bonds. The maximum absolute atomic E-state index is 5.47. The molecule has 8 heteroatoms. The average Bonchev–Trinajstić information content (AvgIpc) is 3.61. The number of thiazole rings is 1. The van der Waals surface area contributed by atoms with E-state index in [4.69, 9.17) is 14.5 Å². The molecule has 1 fully saturated rings. The van der Waals surface area contributed by atoms with Crippen LogP contribution in [0.5, 0.6) is 5.75 Å². The third-order valence-electron chi connectivity index (χ3n) is 6.22. The summed E-state index contributed by atoms with van der Waals surface area (Å²) in [6.45, 7) is 6.24. The summed E-state index contributed by atoms with van der Waals surface area (Å²) in [5, 5.41) is 3.25. The van der Waals surface area contributed by atoms with Crippen molar-refractivity contribution in [2.45, 2.75) is 19.5 Å². The molecule has 5 rings (SSSR count). The number of nitrogens with zero attached hydrogens (tertiary/aromatic N) is 5. The van der Waals surface area contributed by atoms with Crippen molar-refractivity contribution in [3.63, 3.8) is 0 Å². The molecule has 0 saturated carbocycles. The number of ether oxygens (including phenoxy) is 2. The predicted octanol–water partition coefficient (Wildman–Crippen LogP) is 4.42. The van der Waals surface area contributed by atoms with Crippen LogP contribution in [0.4, 0.5) is 5.13 Å². The first-order valence-corrected chi connectivity index (χ1v) is 12.8. The van der Waals surface area contributed by atoms with E-state index >= 15 is 0 Å². The van der Waals surface area contributed by atoms with Gasteiger partial charge in [0.05, 0.1) is 32.3 Å². The first-order valence-electron chi connectivity index (χ1n) is 12.0. The summed E-state index contributed by atoms with van der Waals surface area (Å²) < 4.78 is 12.9. The Morgan fingerprint density at radius 3 is 2.66 bits per heavy atom. The second-order valence-corrected chi connectivity index (χ2v) is 9.51. The van der Waals surface area contributed by atoms with E-state index in [1.165, 1.54) is 11.1 Å². The SMILES string of the molecule is COc1cccc(CN(Cc2ccc(-n3ccnc3)cc2)c2nc(CCN3CCOCC3)cs2)c1. The first-order chi connectivity index (χ1) is 17.3. The van der Waals surface area contributed by atoms with Crippen molar-refractivity contribution in [1.82, 2.24) is 19.4 Å². The van der Waals surface area contributed by atoms with Gasteiger partial charge in [0.25, 0.3) is 0 Å². The molecule has 0 aliphatic carbocycles. The number of rotatable bonds is 10. The van der Waals surface area contributed by atoms with E-state index in [0.29, 0.717) is 0 Å². The molecule has 1 saturated heterocycles. The lowest BCUT2D eigenvalue weighted by Crippen LogP contribution is -2.37. The lowest BCUT2D eigenvalue weighted by atomic mass is 10.1. The minimum Gasteiger partial charge on any atom is -0.497 e. The van der Waals surface area contributed by atoms with Crippen molar-refractivity contribution in [2.24, 2.45) is 0 Å². The van der Waals surface area contributed by atoms with Gasteiger partial charge in [-0.15, -0.1) is 11.3 Å². The van der Waals surface area contributed by atoms with Crippen LogP contribution in [-0.4, -0.2) is 59.4 Å². The van der Waals surface area contributed by atoms with Crippen molar-refractivity contribution in [3.8, 4) is 11.4 Å². The van der Waals surface area contributed by atoms with Crippen LogP contribution in [0.25, 0.3) is 5.69 Å². The van der Waals surface area contributed by atoms with Crippen LogP contribution in [0.3, 0.4) is 0 Å². The number of aromatic nitrogens is 3. The fourth-order valence-electron chi connectivity index (χ4n) is 4.24. The van der Waals surface area contributed by atoms with Gasteiger partial charge >= 0.3 is 0 Å². The highest BCUT2D eigenvalue weighted by Crippen LogP contribution is 2.26. The summed E-state index contributed by atoms with van der Waals surface area (Å²) >= 11 is 1.72. The molecule has 2 aromatic carbocycles. The average molecular weight is 490 g/mol. The standard InChI is InChI=1S/C27H31N5O2S/c1-33-26-4-2-3-23(17-26)19-32(18-22-5-7-25(8-6-22)31-12-10-28-21-31)27-29-24(20-35-27)9-11-30-13-15-34-16-14-30/h2-8,10,12,17,20-21H,9,11,13-16,18-19H2,1H3. The van der Waals surface area contributed by atoms with Gasteiger partial charge in [-0.25, -0.2) is 9.97 Å². The zero-order valence-electron chi connectivity index (χ0n) is 20.0. The Balaban J connectivity index is 1.32. The quantitative estimate of drug-likeness (QED) is 0.329. The van der Waals surface area contributed by atoms with Crippen LogP contribution in [0.1, 0.15) is 16.8 Å². The molecule has 35 heavy (non-hydrogen) atoms. The van der Waals surface area contributed by atoms with Gasteiger partial charge in [0, 0.05) is 62.6 Å². The van der Waals surface area contributed by atoms with Crippen LogP contribution >= 0.6 is 11.3 Å². The second-order valence-electron chi connectivity index (χ2n) is 8.67. The number of anilines is 1. The van der Waals surface area contributed by atoms with Gasteiger partial charge in [0.2, 0.25) is 0 Å². The van der Waals surface area contributed by atoms with Gasteiger partial charge in [-0.1, -0.05) is 24.3 Å². The number of hydrogen-bond donors (Lipinski definition) is 0. The van der Waals surface area contributed by atoms with E-state index in [-0.39, 0.29) is 0 Å². The van der Waals surface area contributed by atoms with Crippen LogP contribution in [0.2, 0.25) is 0 Å². The van der Waals surface area contributed by atoms with Crippen LogP contribution in [-0.2, 0) is 24.2 Å². The van der Waals surface area contributed by atoms with E-state index in [1.807, 2.05) is 29.2 Å². The molecular formula is C27H31N5O2S. The molecule has 2 aromatic heterocycles. The van der Waals surface area contributed by atoms with E-state index in [2.05, 4.69) is 56.6 Å². The van der Waals surface area contributed by atoms with Gasteiger partial charge in [0.1, 0.15) is 5.75 Å². The van der Waals surface area contributed by atoms with E-state index < -0.39 is 0 Å². The molecule has 0 atom stereocenters. The summed E-state index contributed by atoms with van der Waals surface area (Å²) in [6, 6.07) is 16.9. The Labute approximate surface area is 210 Å². The van der Waals surface area contributed by atoms with E-state index in [9.17, 15) is 0 Å². The largest absolute Gasteiger partial charge is 0.497 e. The maximum atomic E-state index is 5.47. The second kappa shape index (κ2) is 11.5. The van der Waals surface area contributed by atoms with E-state index in [1.54, 1.807) is 24.6 Å². The monoisotopic (exact) mass is 489 g/mol. The minimum absolute atomic E-state index is 0.761. The molecule has 0 N–H and O–H groups in total. The summed E-state index contributed by atoms with van der Waals surface area (Å²) in [4.78, 5) is 14.0. The van der Waals surface area contributed by atoms with Crippen LogP contribution in [0, 0.1) is 0 Å². The number of benzene rings is 2. The first kappa shape index (κ1) is 23.5. The van der Waals surface area contributed by atoms with Crippen LogP contribution < -0.4 is 9.64 Å². The highest BCUT2D eigenvalue weighted by atomic mass is 32.1. The fraction of sp³-hybridized carbons (Fsp3) is 0.333. The predicted molar refractivity (Wildman–Crippen MR) is 140 cm³/mol. The molecule has 1 aliphatic rings. The van der Waals surface area contributed by atoms with Crippen molar-refractivity contribution in [2.75, 3.05) is 44.9 Å². The number of hydrogen-bond acceptors (Lipinski definition) is 7. The third-order valence-corrected chi connectivity index (χ3v) is 7.17. The molecule has 0 spiro atoms. The van der Waals surface area contributed by atoms with Gasteiger partial charge < -0.3 is 18.9 Å². The molecule has 4 aromatic rings. The zero-order chi connectivity index (χ0) is 23.9. The lowest BCUT2D eigenvalue weighted by Gasteiger charge is -2.26. The molecule has 0 unspecified atom stereocenters. The summed E-state index contributed by atoms with van der Waals surface area (Å²) in [5.41, 5.74) is 4.69.